The second-order valence-corrected chi connectivity index (χ2v) is 6.43. The van der Waals surface area contributed by atoms with Crippen LogP contribution in [-0.4, -0.2) is 15.5 Å². The highest BCUT2D eigenvalue weighted by Crippen LogP contribution is 2.20. The molecule has 5 heteroatoms. The molecule has 0 saturated heterocycles. The first-order valence-corrected chi connectivity index (χ1v) is 8.40. The van der Waals surface area contributed by atoms with E-state index in [2.05, 4.69) is 17.0 Å². The monoisotopic (exact) mass is 304 g/mol. The number of hydrogen-bond acceptors (Lipinski definition) is 3. The van der Waals surface area contributed by atoms with E-state index in [1.165, 1.54) is 0 Å². The van der Waals surface area contributed by atoms with Gasteiger partial charge in [-0.3, -0.25) is 0 Å². The van der Waals surface area contributed by atoms with Crippen molar-refractivity contribution in [2.45, 2.75) is 24.8 Å². The lowest BCUT2D eigenvalue weighted by Gasteiger charge is -2.12. The van der Waals surface area contributed by atoms with E-state index in [4.69, 9.17) is 0 Å². The first kappa shape index (κ1) is 15.5. The fourth-order valence-electron chi connectivity index (χ4n) is 2.23. The largest absolute Gasteiger partial charge is 0.387 e. The zero-order chi connectivity index (χ0) is 15.3. The van der Waals surface area contributed by atoms with E-state index in [9.17, 15) is 8.42 Å². The summed E-state index contributed by atoms with van der Waals surface area (Å²) in [7, 11) is -1.83. The first-order chi connectivity index (χ1) is 10.1. The number of rotatable bonds is 6. The van der Waals surface area contributed by atoms with Crippen molar-refractivity contribution in [1.29, 1.82) is 0 Å². The predicted octanol–water partition coefficient (Wildman–Crippen LogP) is 2.77. The van der Waals surface area contributed by atoms with E-state index < -0.39 is 10.0 Å². The van der Waals surface area contributed by atoms with Crippen LogP contribution < -0.4 is 10.0 Å². The molecule has 2 aromatic carbocycles. The average Bonchev–Trinajstić information content (AvgIpc) is 2.53. The second-order valence-electron chi connectivity index (χ2n) is 4.69. The summed E-state index contributed by atoms with van der Waals surface area (Å²) in [4.78, 5) is 0.265. The molecule has 0 radical (unpaired) electrons. The van der Waals surface area contributed by atoms with Gasteiger partial charge in [-0.2, -0.15) is 0 Å². The van der Waals surface area contributed by atoms with E-state index >= 15 is 0 Å². The Kier molecular flexibility index (Phi) is 4.98. The number of benzene rings is 2. The number of para-hydroxylation sites is 1. The van der Waals surface area contributed by atoms with Crippen molar-refractivity contribution in [3.63, 3.8) is 0 Å². The van der Waals surface area contributed by atoms with Gasteiger partial charge in [0.05, 0.1) is 5.69 Å². The maximum atomic E-state index is 12.4. The molecule has 0 atom stereocenters. The third-order valence-corrected chi connectivity index (χ3v) is 4.86. The number of aryl methyl sites for hydroxylation is 1. The molecule has 0 aromatic heterocycles. The topological polar surface area (TPSA) is 58.2 Å². The zero-order valence-electron chi connectivity index (χ0n) is 12.3. The molecular formula is C16H20N2O2S. The van der Waals surface area contributed by atoms with Gasteiger partial charge < -0.3 is 5.32 Å². The summed E-state index contributed by atoms with van der Waals surface area (Å²) >= 11 is 0. The van der Waals surface area contributed by atoms with Crippen molar-refractivity contribution in [2.24, 2.45) is 0 Å². The Morgan fingerprint density at radius 2 is 1.57 bits per heavy atom. The van der Waals surface area contributed by atoms with Crippen molar-refractivity contribution in [3.05, 3.63) is 59.7 Å². The number of nitrogens with one attached hydrogen (secondary N) is 2. The molecule has 0 amide bonds. The fraction of sp³-hybridized carbons (Fsp3) is 0.250. The Labute approximate surface area is 126 Å². The maximum absolute atomic E-state index is 12.4. The van der Waals surface area contributed by atoms with Crippen molar-refractivity contribution in [1.82, 2.24) is 4.72 Å². The lowest BCUT2D eigenvalue weighted by atomic mass is 10.1. The van der Waals surface area contributed by atoms with E-state index in [1.54, 1.807) is 31.3 Å². The molecule has 0 saturated carbocycles. The summed E-state index contributed by atoms with van der Waals surface area (Å²) in [6.45, 7) is 2.36. The molecule has 0 aliphatic carbocycles. The lowest BCUT2D eigenvalue weighted by Crippen LogP contribution is -2.24. The standard InChI is InChI=1S/C16H20N2O2S/c1-3-13-8-4-5-9-14(13)12-18-21(19,20)16-11-7-6-10-15(16)17-2/h4-11,17-18H,3,12H2,1-2H3. The predicted molar refractivity (Wildman–Crippen MR) is 85.8 cm³/mol. The first-order valence-electron chi connectivity index (χ1n) is 6.91. The molecule has 0 aliphatic rings. The smallest absolute Gasteiger partial charge is 0.242 e. The van der Waals surface area contributed by atoms with Gasteiger partial charge >= 0.3 is 0 Å². The molecular weight excluding hydrogens is 284 g/mol. The Morgan fingerprint density at radius 3 is 2.24 bits per heavy atom. The highest BCUT2D eigenvalue weighted by molar-refractivity contribution is 7.89. The third kappa shape index (κ3) is 3.62. The Bertz CT molecular complexity index is 712. The number of anilines is 1. The Hall–Kier alpha value is -1.85. The molecule has 0 heterocycles. The molecule has 0 fully saturated rings. The van der Waals surface area contributed by atoms with Gasteiger partial charge in [-0.1, -0.05) is 43.3 Å². The van der Waals surface area contributed by atoms with Crippen LogP contribution in [0.1, 0.15) is 18.1 Å². The molecule has 0 aliphatic heterocycles. The van der Waals surface area contributed by atoms with Crippen molar-refractivity contribution >= 4 is 15.7 Å². The number of hydrogen-bond donors (Lipinski definition) is 2. The summed E-state index contributed by atoms with van der Waals surface area (Å²) in [6, 6.07) is 14.7. The molecule has 21 heavy (non-hydrogen) atoms. The van der Waals surface area contributed by atoms with Gasteiger partial charge in [0.2, 0.25) is 10.0 Å². The zero-order valence-corrected chi connectivity index (χ0v) is 13.1. The molecule has 2 rings (SSSR count). The van der Waals surface area contributed by atoms with Gasteiger partial charge in [-0.15, -0.1) is 0 Å². The van der Waals surface area contributed by atoms with Crippen molar-refractivity contribution < 1.29 is 8.42 Å². The van der Waals surface area contributed by atoms with Gasteiger partial charge in [0.15, 0.2) is 0 Å². The van der Waals surface area contributed by atoms with Gasteiger partial charge in [0.25, 0.3) is 0 Å². The molecule has 2 aromatic rings. The minimum Gasteiger partial charge on any atom is -0.387 e. The molecule has 0 bridgehead atoms. The summed E-state index contributed by atoms with van der Waals surface area (Å²) in [5.41, 5.74) is 2.75. The summed E-state index contributed by atoms with van der Waals surface area (Å²) in [5.74, 6) is 0. The number of sulfonamides is 1. The van der Waals surface area contributed by atoms with Gasteiger partial charge in [-0.25, -0.2) is 13.1 Å². The van der Waals surface area contributed by atoms with Crippen LogP contribution in [0.3, 0.4) is 0 Å². The highest BCUT2D eigenvalue weighted by atomic mass is 32.2. The van der Waals surface area contributed by atoms with Crippen LogP contribution >= 0.6 is 0 Å². The van der Waals surface area contributed by atoms with Gasteiger partial charge in [0, 0.05) is 13.6 Å². The molecule has 0 unspecified atom stereocenters. The fourth-order valence-corrected chi connectivity index (χ4v) is 3.45. The van der Waals surface area contributed by atoms with Crippen LogP contribution in [0, 0.1) is 0 Å². The van der Waals surface area contributed by atoms with Crippen LogP contribution in [0.5, 0.6) is 0 Å². The quantitative estimate of drug-likeness (QED) is 0.863. The van der Waals surface area contributed by atoms with E-state index in [1.807, 2.05) is 24.3 Å². The van der Waals surface area contributed by atoms with Gasteiger partial charge in [-0.05, 0) is 29.7 Å². The third-order valence-electron chi connectivity index (χ3n) is 3.40. The van der Waals surface area contributed by atoms with Crippen LogP contribution in [0.2, 0.25) is 0 Å². The van der Waals surface area contributed by atoms with Crippen LogP contribution in [-0.2, 0) is 23.0 Å². The molecule has 4 nitrogen and oxygen atoms in total. The summed E-state index contributed by atoms with van der Waals surface area (Å²) < 4.78 is 27.5. The van der Waals surface area contributed by atoms with Crippen LogP contribution in [0.15, 0.2) is 53.4 Å². The van der Waals surface area contributed by atoms with Crippen LogP contribution in [0.25, 0.3) is 0 Å². The van der Waals surface area contributed by atoms with Crippen LogP contribution in [0.4, 0.5) is 5.69 Å². The van der Waals surface area contributed by atoms with E-state index in [-0.39, 0.29) is 4.90 Å². The maximum Gasteiger partial charge on any atom is 0.242 e. The normalized spacial score (nSPS) is 11.3. The molecule has 2 N–H and O–H groups in total. The van der Waals surface area contributed by atoms with Crippen molar-refractivity contribution in [3.8, 4) is 0 Å². The second kappa shape index (κ2) is 6.74. The molecule has 112 valence electrons. The highest BCUT2D eigenvalue weighted by Gasteiger charge is 2.17. The minimum absolute atomic E-state index is 0.265. The Balaban J connectivity index is 2.22. The van der Waals surface area contributed by atoms with E-state index in [0.717, 1.165) is 17.5 Å². The van der Waals surface area contributed by atoms with Gasteiger partial charge in [0.1, 0.15) is 4.90 Å². The summed E-state index contributed by atoms with van der Waals surface area (Å²) in [6.07, 6.45) is 0.880. The molecule has 0 spiro atoms. The van der Waals surface area contributed by atoms with Crippen molar-refractivity contribution in [2.75, 3.05) is 12.4 Å². The lowest BCUT2D eigenvalue weighted by molar-refractivity contribution is 0.581. The minimum atomic E-state index is -3.54. The SMILES string of the molecule is CCc1ccccc1CNS(=O)(=O)c1ccccc1NC. The Morgan fingerprint density at radius 1 is 0.952 bits per heavy atom. The van der Waals surface area contributed by atoms with E-state index in [0.29, 0.717) is 12.2 Å². The average molecular weight is 304 g/mol. The summed E-state index contributed by atoms with van der Waals surface area (Å²) in [5, 5.41) is 2.90.